The predicted molar refractivity (Wildman–Crippen MR) is 80.7 cm³/mol. The number of aliphatic imine (C=N–C) groups is 2. The molecule has 0 fully saturated rings. The Morgan fingerprint density at radius 3 is 3.00 bits per heavy atom. The summed E-state index contributed by atoms with van der Waals surface area (Å²) >= 11 is 0. The monoisotopic (exact) mass is 262 g/mol. The molecule has 20 heavy (non-hydrogen) atoms. The van der Waals surface area contributed by atoms with E-state index in [0.29, 0.717) is 5.96 Å². The van der Waals surface area contributed by atoms with E-state index in [1.807, 2.05) is 18.2 Å². The van der Waals surface area contributed by atoms with E-state index in [-0.39, 0.29) is 0 Å². The molecule has 3 aliphatic heterocycles. The lowest BCUT2D eigenvalue weighted by molar-refractivity contribution is 0.645. The van der Waals surface area contributed by atoms with Gasteiger partial charge in [0.2, 0.25) is 5.96 Å². The van der Waals surface area contributed by atoms with Gasteiger partial charge in [0.05, 0.1) is 17.1 Å². The topological polar surface area (TPSA) is 54.0 Å². The number of nitrogens with zero attached hydrogens (tertiary/aromatic N) is 3. The van der Waals surface area contributed by atoms with Gasteiger partial charge in [0.1, 0.15) is 0 Å². The minimum Gasteiger partial charge on any atom is -0.398 e. The molecule has 4 heteroatoms. The molecule has 0 bridgehead atoms. The summed E-state index contributed by atoms with van der Waals surface area (Å²) in [6, 6.07) is 0. The molecule has 4 aliphatic rings. The van der Waals surface area contributed by atoms with Gasteiger partial charge >= 0.3 is 0 Å². The summed E-state index contributed by atoms with van der Waals surface area (Å²) in [5.41, 5.74) is 11.1. The number of nitrogens with two attached hydrogens (primary N) is 1. The Morgan fingerprint density at radius 2 is 2.10 bits per heavy atom. The summed E-state index contributed by atoms with van der Waals surface area (Å²) < 4.78 is 0. The molecule has 0 radical (unpaired) electrons. The molecule has 0 aromatic rings. The maximum atomic E-state index is 6.09. The Balaban J connectivity index is 1.85. The summed E-state index contributed by atoms with van der Waals surface area (Å²) in [7, 11) is 0. The summed E-state index contributed by atoms with van der Waals surface area (Å²) in [5, 5.41) is 0. The van der Waals surface area contributed by atoms with E-state index in [9.17, 15) is 0 Å². The predicted octanol–water partition coefficient (Wildman–Crippen LogP) is 2.53. The van der Waals surface area contributed by atoms with Gasteiger partial charge in [-0.05, 0) is 43.2 Å². The maximum Gasteiger partial charge on any atom is 0.235 e. The number of allylic oxidation sites excluding steroid dienone is 8. The number of guanidine groups is 1. The zero-order chi connectivity index (χ0) is 13.5. The first-order chi connectivity index (χ1) is 9.83. The highest BCUT2D eigenvalue weighted by Gasteiger charge is 2.27. The van der Waals surface area contributed by atoms with Crippen LogP contribution >= 0.6 is 0 Å². The van der Waals surface area contributed by atoms with Crippen LogP contribution in [0.3, 0.4) is 0 Å². The highest BCUT2D eigenvalue weighted by Crippen LogP contribution is 2.29. The average molecular weight is 262 g/mol. The van der Waals surface area contributed by atoms with E-state index >= 15 is 0 Å². The highest BCUT2D eigenvalue weighted by atomic mass is 15.3. The van der Waals surface area contributed by atoms with Crippen LogP contribution in [0.25, 0.3) is 0 Å². The molecule has 3 heterocycles. The van der Waals surface area contributed by atoms with Crippen molar-refractivity contribution in [2.75, 3.05) is 0 Å². The van der Waals surface area contributed by atoms with Crippen molar-refractivity contribution in [3.8, 4) is 0 Å². The first-order valence-corrected chi connectivity index (χ1v) is 6.72. The fraction of sp³-hybridized carbons (Fsp3) is 0.125. The van der Waals surface area contributed by atoms with Crippen LogP contribution in [0.4, 0.5) is 0 Å². The first-order valence-electron chi connectivity index (χ1n) is 6.72. The van der Waals surface area contributed by atoms with Crippen molar-refractivity contribution in [2.45, 2.75) is 12.8 Å². The van der Waals surface area contributed by atoms with Crippen LogP contribution in [-0.2, 0) is 0 Å². The SMILES string of the molecule is NC1=C(C2=NC3=NC=CC4=CC=CC(=C2)N43)CCC=C1. The van der Waals surface area contributed by atoms with Gasteiger partial charge in [-0.25, -0.2) is 9.98 Å². The van der Waals surface area contributed by atoms with Gasteiger partial charge in [-0.2, -0.15) is 0 Å². The van der Waals surface area contributed by atoms with Crippen LogP contribution < -0.4 is 5.73 Å². The quantitative estimate of drug-likeness (QED) is 0.789. The minimum absolute atomic E-state index is 0.713. The Labute approximate surface area is 117 Å². The third-order valence-electron chi connectivity index (χ3n) is 3.71. The van der Waals surface area contributed by atoms with Gasteiger partial charge in [0.15, 0.2) is 0 Å². The Kier molecular flexibility index (Phi) is 2.36. The number of hydrogen-bond donors (Lipinski definition) is 1. The van der Waals surface area contributed by atoms with Crippen molar-refractivity contribution in [3.05, 3.63) is 71.4 Å². The summed E-state index contributed by atoms with van der Waals surface area (Å²) in [5.74, 6) is 0.713. The van der Waals surface area contributed by atoms with Gasteiger partial charge in [0, 0.05) is 17.5 Å². The molecular formula is C16H14N4. The molecule has 0 spiro atoms. The fourth-order valence-corrected chi connectivity index (χ4v) is 2.73. The molecular weight excluding hydrogens is 248 g/mol. The van der Waals surface area contributed by atoms with Gasteiger partial charge in [-0.1, -0.05) is 12.2 Å². The molecule has 0 amide bonds. The third kappa shape index (κ3) is 1.61. The van der Waals surface area contributed by atoms with E-state index in [0.717, 1.165) is 41.2 Å². The van der Waals surface area contributed by atoms with Crippen LogP contribution in [0.5, 0.6) is 0 Å². The molecule has 98 valence electrons. The van der Waals surface area contributed by atoms with E-state index < -0.39 is 0 Å². The Hall–Kier alpha value is -2.62. The van der Waals surface area contributed by atoms with E-state index in [1.165, 1.54) is 0 Å². The van der Waals surface area contributed by atoms with Gasteiger partial charge < -0.3 is 5.73 Å². The molecule has 4 rings (SSSR count). The van der Waals surface area contributed by atoms with E-state index in [2.05, 4.69) is 39.2 Å². The first kappa shape index (κ1) is 11.2. The average Bonchev–Trinajstić information content (AvgIpc) is 2.48. The molecule has 0 aromatic carbocycles. The zero-order valence-electron chi connectivity index (χ0n) is 11.0. The van der Waals surface area contributed by atoms with Crippen molar-refractivity contribution in [2.24, 2.45) is 15.7 Å². The van der Waals surface area contributed by atoms with Crippen molar-refractivity contribution in [3.63, 3.8) is 0 Å². The van der Waals surface area contributed by atoms with Gasteiger partial charge in [-0.15, -0.1) is 0 Å². The van der Waals surface area contributed by atoms with Crippen LogP contribution in [0.15, 0.2) is 81.4 Å². The molecule has 0 saturated carbocycles. The summed E-state index contributed by atoms with van der Waals surface area (Å²) in [4.78, 5) is 11.1. The van der Waals surface area contributed by atoms with E-state index in [1.54, 1.807) is 6.20 Å². The van der Waals surface area contributed by atoms with Crippen molar-refractivity contribution < 1.29 is 0 Å². The third-order valence-corrected chi connectivity index (χ3v) is 3.71. The number of rotatable bonds is 1. The smallest absolute Gasteiger partial charge is 0.235 e. The van der Waals surface area contributed by atoms with Crippen LogP contribution in [0.1, 0.15) is 12.8 Å². The normalized spacial score (nSPS) is 23.1. The maximum absolute atomic E-state index is 6.09. The second-order valence-corrected chi connectivity index (χ2v) is 4.97. The fourth-order valence-electron chi connectivity index (χ4n) is 2.73. The second-order valence-electron chi connectivity index (χ2n) is 4.97. The molecule has 2 N–H and O–H groups in total. The van der Waals surface area contributed by atoms with Crippen molar-refractivity contribution in [1.82, 2.24) is 4.90 Å². The molecule has 0 saturated heterocycles. The van der Waals surface area contributed by atoms with Crippen LogP contribution in [0, 0.1) is 0 Å². The van der Waals surface area contributed by atoms with Crippen molar-refractivity contribution in [1.29, 1.82) is 0 Å². The van der Waals surface area contributed by atoms with Crippen LogP contribution in [-0.4, -0.2) is 16.6 Å². The van der Waals surface area contributed by atoms with Gasteiger partial charge in [0.25, 0.3) is 0 Å². The van der Waals surface area contributed by atoms with Gasteiger partial charge in [-0.3, -0.25) is 4.90 Å². The van der Waals surface area contributed by atoms with Crippen LogP contribution in [0.2, 0.25) is 0 Å². The molecule has 4 nitrogen and oxygen atoms in total. The lowest BCUT2D eigenvalue weighted by Crippen LogP contribution is -2.34. The molecule has 0 aromatic heterocycles. The van der Waals surface area contributed by atoms with E-state index in [4.69, 9.17) is 5.73 Å². The highest BCUT2D eigenvalue weighted by molar-refractivity contribution is 6.17. The molecule has 1 aliphatic carbocycles. The second kappa shape index (κ2) is 4.20. The lowest BCUT2D eigenvalue weighted by atomic mass is 9.96. The number of hydrogen-bond acceptors (Lipinski definition) is 4. The van der Waals surface area contributed by atoms with Crippen molar-refractivity contribution >= 4 is 11.7 Å². The molecule has 0 atom stereocenters. The molecule has 0 unspecified atom stereocenters. The largest absolute Gasteiger partial charge is 0.398 e. The standard InChI is InChI=1S/C16H14N4/c17-14-7-2-1-6-13(14)15-10-12-5-3-4-11-8-9-18-16(19-15)20(11)12/h2-5,7-10H,1,6,17H2. The zero-order valence-corrected chi connectivity index (χ0v) is 11.0. The minimum atomic E-state index is 0.713. The Morgan fingerprint density at radius 1 is 1.15 bits per heavy atom. The summed E-state index contributed by atoms with van der Waals surface area (Å²) in [6.45, 7) is 0. The lowest BCUT2D eigenvalue weighted by Gasteiger charge is -2.32. The Bertz CT molecular complexity index is 722. The summed E-state index contributed by atoms with van der Waals surface area (Å²) in [6.07, 6.45) is 18.0.